The van der Waals surface area contributed by atoms with E-state index in [2.05, 4.69) is 37.9 Å². The molecule has 1 fully saturated rings. The van der Waals surface area contributed by atoms with Crippen LogP contribution in [0, 0.1) is 5.92 Å². The standard InChI is InChI=1S/C16H25ClN2/c1-4-16(11-18,14-7-8-14)19(3)12(2)13-5-9-15(17)10-6-13/h5-6,9-10,12,14H,4,7-8,11,18H2,1-3H3. The third-order valence-corrected chi connectivity index (χ3v) is 5.19. The van der Waals surface area contributed by atoms with Crippen LogP contribution in [0.4, 0.5) is 0 Å². The molecule has 0 amide bonds. The van der Waals surface area contributed by atoms with Gasteiger partial charge in [0, 0.05) is 23.1 Å². The lowest BCUT2D eigenvalue weighted by atomic mass is 9.86. The highest BCUT2D eigenvalue weighted by Crippen LogP contribution is 2.46. The molecule has 0 bridgehead atoms. The van der Waals surface area contributed by atoms with Crippen LogP contribution in [0.25, 0.3) is 0 Å². The maximum atomic E-state index is 6.14. The fourth-order valence-electron chi connectivity index (χ4n) is 3.25. The zero-order valence-corrected chi connectivity index (χ0v) is 13.0. The van der Waals surface area contributed by atoms with Crippen LogP contribution in [0.3, 0.4) is 0 Å². The van der Waals surface area contributed by atoms with Crippen LogP contribution >= 0.6 is 11.6 Å². The van der Waals surface area contributed by atoms with Crippen LogP contribution in [0.5, 0.6) is 0 Å². The highest BCUT2D eigenvalue weighted by molar-refractivity contribution is 6.30. The highest BCUT2D eigenvalue weighted by Gasteiger charge is 2.47. The molecule has 2 N–H and O–H groups in total. The summed E-state index contributed by atoms with van der Waals surface area (Å²) in [6.07, 6.45) is 3.76. The third kappa shape index (κ3) is 2.81. The summed E-state index contributed by atoms with van der Waals surface area (Å²) < 4.78 is 0. The predicted molar refractivity (Wildman–Crippen MR) is 82.4 cm³/mol. The summed E-state index contributed by atoms with van der Waals surface area (Å²) >= 11 is 5.97. The fraction of sp³-hybridized carbons (Fsp3) is 0.625. The normalized spacial score (nSPS) is 20.3. The van der Waals surface area contributed by atoms with Gasteiger partial charge in [0.05, 0.1) is 0 Å². The van der Waals surface area contributed by atoms with Gasteiger partial charge in [0.15, 0.2) is 0 Å². The molecule has 2 unspecified atom stereocenters. The minimum Gasteiger partial charge on any atom is -0.329 e. The molecule has 0 saturated heterocycles. The lowest BCUT2D eigenvalue weighted by molar-refractivity contribution is 0.0595. The SMILES string of the molecule is CCC(CN)(C1CC1)N(C)C(C)c1ccc(Cl)cc1. The summed E-state index contributed by atoms with van der Waals surface area (Å²) in [5, 5.41) is 0.793. The number of likely N-dealkylation sites (N-methyl/N-ethyl adjacent to an activating group) is 1. The van der Waals surface area contributed by atoms with Crippen LogP contribution in [0.2, 0.25) is 5.02 Å². The number of benzene rings is 1. The van der Waals surface area contributed by atoms with Gasteiger partial charge in [-0.2, -0.15) is 0 Å². The second-order valence-corrected chi connectivity index (χ2v) is 6.21. The fourth-order valence-corrected chi connectivity index (χ4v) is 3.38. The molecule has 0 aliphatic heterocycles. The van der Waals surface area contributed by atoms with Crippen molar-refractivity contribution in [3.8, 4) is 0 Å². The van der Waals surface area contributed by atoms with E-state index in [1.54, 1.807) is 0 Å². The molecular weight excluding hydrogens is 256 g/mol. The van der Waals surface area contributed by atoms with Crippen molar-refractivity contribution < 1.29 is 0 Å². The first kappa shape index (κ1) is 14.8. The van der Waals surface area contributed by atoms with Gasteiger partial charge in [0.1, 0.15) is 0 Å². The van der Waals surface area contributed by atoms with Gasteiger partial charge >= 0.3 is 0 Å². The minimum absolute atomic E-state index is 0.152. The summed E-state index contributed by atoms with van der Waals surface area (Å²) in [6, 6.07) is 8.53. The van der Waals surface area contributed by atoms with Crippen molar-refractivity contribution >= 4 is 11.6 Å². The number of hydrogen-bond acceptors (Lipinski definition) is 2. The maximum Gasteiger partial charge on any atom is 0.0406 e. The summed E-state index contributed by atoms with van der Waals surface area (Å²) in [5.74, 6) is 0.766. The Labute approximate surface area is 121 Å². The summed E-state index contributed by atoms with van der Waals surface area (Å²) in [4.78, 5) is 2.48. The van der Waals surface area contributed by atoms with Gasteiger partial charge in [0.2, 0.25) is 0 Å². The molecule has 3 heteroatoms. The van der Waals surface area contributed by atoms with Crippen molar-refractivity contribution in [2.45, 2.75) is 44.7 Å². The molecule has 0 radical (unpaired) electrons. The molecule has 1 aliphatic rings. The summed E-state index contributed by atoms with van der Waals surface area (Å²) in [7, 11) is 2.22. The largest absolute Gasteiger partial charge is 0.329 e. The van der Waals surface area contributed by atoms with Crippen molar-refractivity contribution in [3.63, 3.8) is 0 Å². The van der Waals surface area contributed by atoms with Crippen molar-refractivity contribution in [1.29, 1.82) is 0 Å². The molecular formula is C16H25ClN2. The first-order chi connectivity index (χ1) is 9.05. The van der Waals surface area contributed by atoms with Gasteiger partial charge in [0.25, 0.3) is 0 Å². The quantitative estimate of drug-likeness (QED) is 0.858. The Bertz CT molecular complexity index is 407. The van der Waals surface area contributed by atoms with E-state index >= 15 is 0 Å². The van der Waals surface area contributed by atoms with Gasteiger partial charge < -0.3 is 5.73 Å². The Hall–Kier alpha value is -0.570. The minimum atomic E-state index is 0.152. The lowest BCUT2D eigenvalue weighted by Crippen LogP contribution is -2.54. The van der Waals surface area contributed by atoms with E-state index in [0.29, 0.717) is 6.04 Å². The van der Waals surface area contributed by atoms with Crippen LogP contribution in [-0.2, 0) is 0 Å². The van der Waals surface area contributed by atoms with E-state index in [1.807, 2.05) is 12.1 Å². The van der Waals surface area contributed by atoms with E-state index in [0.717, 1.165) is 23.9 Å². The monoisotopic (exact) mass is 280 g/mol. The van der Waals surface area contributed by atoms with Crippen LogP contribution in [-0.4, -0.2) is 24.0 Å². The van der Waals surface area contributed by atoms with Gasteiger partial charge in [-0.05, 0) is 56.8 Å². The summed E-state index contributed by atoms with van der Waals surface area (Å²) in [5.41, 5.74) is 7.59. The molecule has 1 aromatic carbocycles. The predicted octanol–water partition coefficient (Wildman–Crippen LogP) is 3.85. The van der Waals surface area contributed by atoms with E-state index in [-0.39, 0.29) is 5.54 Å². The van der Waals surface area contributed by atoms with Crippen molar-refractivity contribution in [3.05, 3.63) is 34.9 Å². The molecule has 2 rings (SSSR count). The molecule has 1 saturated carbocycles. The zero-order chi connectivity index (χ0) is 14.0. The van der Waals surface area contributed by atoms with E-state index < -0.39 is 0 Å². The van der Waals surface area contributed by atoms with Crippen LogP contribution in [0.15, 0.2) is 24.3 Å². The molecule has 0 heterocycles. The number of rotatable bonds is 6. The number of hydrogen-bond donors (Lipinski definition) is 1. The number of halogens is 1. The molecule has 0 spiro atoms. The molecule has 106 valence electrons. The van der Waals surface area contributed by atoms with E-state index in [1.165, 1.54) is 18.4 Å². The molecule has 0 aromatic heterocycles. The molecule has 1 aromatic rings. The topological polar surface area (TPSA) is 29.3 Å². The number of nitrogens with zero attached hydrogens (tertiary/aromatic N) is 1. The second-order valence-electron chi connectivity index (χ2n) is 5.77. The van der Waals surface area contributed by atoms with Gasteiger partial charge in [-0.25, -0.2) is 0 Å². The van der Waals surface area contributed by atoms with E-state index in [4.69, 9.17) is 17.3 Å². The molecule has 19 heavy (non-hydrogen) atoms. The third-order valence-electron chi connectivity index (χ3n) is 4.94. The average molecular weight is 281 g/mol. The highest BCUT2D eigenvalue weighted by atomic mass is 35.5. The van der Waals surface area contributed by atoms with Crippen LogP contribution < -0.4 is 5.73 Å². The first-order valence-electron chi connectivity index (χ1n) is 7.23. The Kier molecular flexibility index (Phi) is 4.54. The number of nitrogens with two attached hydrogens (primary N) is 1. The van der Waals surface area contributed by atoms with Gasteiger partial charge in [-0.3, -0.25) is 4.90 Å². The van der Waals surface area contributed by atoms with Crippen molar-refractivity contribution in [2.24, 2.45) is 11.7 Å². The van der Waals surface area contributed by atoms with Gasteiger partial charge in [-0.15, -0.1) is 0 Å². The van der Waals surface area contributed by atoms with Crippen molar-refractivity contribution in [1.82, 2.24) is 4.90 Å². The van der Waals surface area contributed by atoms with E-state index in [9.17, 15) is 0 Å². The van der Waals surface area contributed by atoms with Gasteiger partial charge in [-0.1, -0.05) is 30.7 Å². The Morgan fingerprint density at radius 3 is 2.37 bits per heavy atom. The zero-order valence-electron chi connectivity index (χ0n) is 12.2. The Morgan fingerprint density at radius 1 is 1.37 bits per heavy atom. The summed E-state index contributed by atoms with van der Waals surface area (Å²) in [6.45, 7) is 5.25. The molecule has 2 atom stereocenters. The Balaban J connectivity index is 2.21. The lowest BCUT2D eigenvalue weighted by Gasteiger charge is -2.45. The second kappa shape index (κ2) is 5.82. The molecule has 2 nitrogen and oxygen atoms in total. The van der Waals surface area contributed by atoms with Crippen LogP contribution in [0.1, 0.15) is 44.7 Å². The molecule has 1 aliphatic carbocycles. The maximum absolute atomic E-state index is 6.14. The smallest absolute Gasteiger partial charge is 0.0406 e. The van der Waals surface area contributed by atoms with Crippen molar-refractivity contribution in [2.75, 3.05) is 13.6 Å². The Morgan fingerprint density at radius 2 is 1.95 bits per heavy atom. The first-order valence-corrected chi connectivity index (χ1v) is 7.61. The average Bonchev–Trinajstić information content (AvgIpc) is 3.26.